The fourth-order valence-corrected chi connectivity index (χ4v) is 2.37. The van der Waals surface area contributed by atoms with Gasteiger partial charge < -0.3 is 15.2 Å². The van der Waals surface area contributed by atoms with Crippen LogP contribution in [0.5, 0.6) is 0 Å². The van der Waals surface area contributed by atoms with Gasteiger partial charge in [0.1, 0.15) is 0 Å². The Bertz CT molecular complexity index is 413. The first kappa shape index (κ1) is 12.9. The molecule has 1 fully saturated rings. The van der Waals surface area contributed by atoms with Gasteiger partial charge >= 0.3 is 5.97 Å². The van der Waals surface area contributed by atoms with Crippen LogP contribution >= 0.6 is 0 Å². The summed E-state index contributed by atoms with van der Waals surface area (Å²) in [6, 6.07) is 7.30. The van der Waals surface area contributed by atoms with E-state index in [1.807, 2.05) is 12.1 Å². The third-order valence-corrected chi connectivity index (χ3v) is 3.51. The van der Waals surface area contributed by atoms with Crippen molar-refractivity contribution in [3.8, 4) is 0 Å². The Hall–Kier alpha value is -1.55. The molecule has 0 bridgehead atoms. The van der Waals surface area contributed by atoms with Crippen LogP contribution in [-0.2, 0) is 4.74 Å². The Morgan fingerprint density at radius 2 is 2.06 bits per heavy atom. The molecule has 18 heavy (non-hydrogen) atoms. The minimum absolute atomic E-state index is 0.259. The highest BCUT2D eigenvalue weighted by Crippen LogP contribution is 2.23. The molecule has 4 heteroatoms. The first-order chi connectivity index (χ1) is 8.68. The highest BCUT2D eigenvalue weighted by atomic mass is 16.5. The summed E-state index contributed by atoms with van der Waals surface area (Å²) in [5.41, 5.74) is 1.03. The summed E-state index contributed by atoms with van der Waals surface area (Å²) in [5.74, 6) is -0.349. The van der Waals surface area contributed by atoms with Gasteiger partial charge in [-0.05, 0) is 37.8 Å². The second kappa shape index (κ2) is 5.87. The number of para-hydroxylation sites is 1. The van der Waals surface area contributed by atoms with Gasteiger partial charge in [-0.1, -0.05) is 12.1 Å². The van der Waals surface area contributed by atoms with Crippen molar-refractivity contribution in [2.45, 2.75) is 25.8 Å². The van der Waals surface area contributed by atoms with Crippen molar-refractivity contribution in [3.63, 3.8) is 0 Å². The lowest BCUT2D eigenvalue weighted by atomic mass is 9.92. The lowest BCUT2D eigenvalue weighted by Crippen LogP contribution is -2.31. The summed E-state index contributed by atoms with van der Waals surface area (Å²) in [5, 5.41) is 12.5. The van der Waals surface area contributed by atoms with Crippen LogP contribution in [0.2, 0.25) is 0 Å². The van der Waals surface area contributed by atoms with Gasteiger partial charge in [0.25, 0.3) is 0 Å². The van der Waals surface area contributed by atoms with Gasteiger partial charge in [0.15, 0.2) is 0 Å². The van der Waals surface area contributed by atoms with Crippen molar-refractivity contribution in [1.82, 2.24) is 0 Å². The second-order valence-corrected chi connectivity index (χ2v) is 4.73. The van der Waals surface area contributed by atoms with E-state index in [1.54, 1.807) is 12.1 Å². The lowest BCUT2D eigenvalue weighted by Gasteiger charge is -2.29. The van der Waals surface area contributed by atoms with E-state index in [1.165, 1.54) is 0 Å². The summed E-state index contributed by atoms with van der Waals surface area (Å²) in [4.78, 5) is 11.1. The zero-order valence-electron chi connectivity index (χ0n) is 10.6. The number of anilines is 1. The molecule has 0 amide bonds. The Balaban J connectivity index is 2.06. The molecule has 0 saturated carbocycles. The van der Waals surface area contributed by atoms with Crippen LogP contribution in [0.15, 0.2) is 24.3 Å². The average Bonchev–Trinajstić information content (AvgIpc) is 2.40. The molecule has 98 valence electrons. The number of carbonyl (C=O) groups is 1. The van der Waals surface area contributed by atoms with Gasteiger partial charge in [0, 0.05) is 24.9 Å². The molecule has 1 aliphatic heterocycles. The van der Waals surface area contributed by atoms with E-state index in [-0.39, 0.29) is 6.04 Å². The summed E-state index contributed by atoms with van der Waals surface area (Å²) in [7, 11) is 0. The van der Waals surface area contributed by atoms with E-state index in [9.17, 15) is 4.79 Å². The van der Waals surface area contributed by atoms with Crippen LogP contribution in [0.1, 0.15) is 30.1 Å². The minimum atomic E-state index is -0.891. The number of ether oxygens (including phenoxy) is 1. The van der Waals surface area contributed by atoms with E-state index in [2.05, 4.69) is 12.2 Å². The fraction of sp³-hybridized carbons (Fsp3) is 0.500. The molecule has 1 atom stereocenters. The Morgan fingerprint density at radius 1 is 1.39 bits per heavy atom. The summed E-state index contributed by atoms with van der Waals surface area (Å²) in [6.07, 6.45) is 2.06. The van der Waals surface area contributed by atoms with Gasteiger partial charge in [-0.25, -0.2) is 4.79 Å². The fourth-order valence-electron chi connectivity index (χ4n) is 2.37. The van der Waals surface area contributed by atoms with E-state index >= 15 is 0 Å². The highest BCUT2D eigenvalue weighted by Gasteiger charge is 2.21. The van der Waals surface area contributed by atoms with Crippen LogP contribution in [-0.4, -0.2) is 30.3 Å². The smallest absolute Gasteiger partial charge is 0.337 e. The Morgan fingerprint density at radius 3 is 2.72 bits per heavy atom. The van der Waals surface area contributed by atoms with E-state index < -0.39 is 5.97 Å². The van der Waals surface area contributed by atoms with Gasteiger partial charge in [-0.3, -0.25) is 0 Å². The van der Waals surface area contributed by atoms with E-state index in [0.717, 1.165) is 26.1 Å². The third-order valence-electron chi connectivity index (χ3n) is 3.51. The molecule has 1 saturated heterocycles. The largest absolute Gasteiger partial charge is 0.478 e. The standard InChI is InChI=1S/C14H19NO3/c1-10(11-6-8-18-9-7-11)15-13-5-3-2-4-12(13)14(16)17/h2-5,10-11,15H,6-9H2,1H3,(H,16,17). The predicted octanol–water partition coefficient (Wildman–Crippen LogP) is 2.61. The highest BCUT2D eigenvalue weighted by molar-refractivity contribution is 5.94. The summed E-state index contributed by atoms with van der Waals surface area (Å²) >= 11 is 0. The SMILES string of the molecule is CC(Nc1ccccc1C(=O)O)C1CCOCC1. The maximum atomic E-state index is 11.1. The molecular weight excluding hydrogens is 230 g/mol. The Kier molecular flexibility index (Phi) is 4.20. The molecular formula is C14H19NO3. The van der Waals surface area contributed by atoms with Crippen molar-refractivity contribution < 1.29 is 14.6 Å². The number of carboxylic acids is 1. The van der Waals surface area contributed by atoms with Crippen molar-refractivity contribution in [3.05, 3.63) is 29.8 Å². The molecule has 4 nitrogen and oxygen atoms in total. The van der Waals surface area contributed by atoms with Crippen LogP contribution in [0.4, 0.5) is 5.69 Å². The topological polar surface area (TPSA) is 58.6 Å². The number of carboxylic acid groups (broad SMARTS) is 1. The van der Waals surface area contributed by atoms with Crippen LogP contribution in [0, 0.1) is 5.92 Å². The van der Waals surface area contributed by atoms with Gasteiger partial charge in [-0.2, -0.15) is 0 Å². The first-order valence-corrected chi connectivity index (χ1v) is 6.35. The molecule has 1 heterocycles. The predicted molar refractivity (Wildman–Crippen MR) is 70.0 cm³/mol. The molecule has 2 N–H and O–H groups in total. The summed E-state index contributed by atoms with van der Waals surface area (Å²) < 4.78 is 5.34. The van der Waals surface area contributed by atoms with Crippen LogP contribution < -0.4 is 5.32 Å². The van der Waals surface area contributed by atoms with Crippen LogP contribution in [0.25, 0.3) is 0 Å². The molecule has 0 spiro atoms. The maximum Gasteiger partial charge on any atom is 0.337 e. The van der Waals surface area contributed by atoms with E-state index in [4.69, 9.17) is 9.84 Å². The normalized spacial score (nSPS) is 18.3. The van der Waals surface area contributed by atoms with Gasteiger partial charge in [0.05, 0.1) is 5.56 Å². The molecule has 1 aromatic carbocycles. The molecule has 0 aliphatic carbocycles. The zero-order chi connectivity index (χ0) is 13.0. The number of hydrogen-bond donors (Lipinski definition) is 2. The number of benzene rings is 1. The Labute approximate surface area is 107 Å². The molecule has 1 aliphatic rings. The minimum Gasteiger partial charge on any atom is -0.478 e. The van der Waals surface area contributed by atoms with Crippen molar-refractivity contribution >= 4 is 11.7 Å². The quantitative estimate of drug-likeness (QED) is 0.861. The first-order valence-electron chi connectivity index (χ1n) is 6.35. The van der Waals surface area contributed by atoms with Gasteiger partial charge in [0.2, 0.25) is 0 Å². The molecule has 0 radical (unpaired) electrons. The average molecular weight is 249 g/mol. The molecule has 1 unspecified atom stereocenters. The number of aromatic carboxylic acids is 1. The molecule has 1 aromatic rings. The van der Waals surface area contributed by atoms with Crippen molar-refractivity contribution in [2.24, 2.45) is 5.92 Å². The number of nitrogens with one attached hydrogen (secondary N) is 1. The van der Waals surface area contributed by atoms with Crippen LogP contribution in [0.3, 0.4) is 0 Å². The number of rotatable bonds is 4. The lowest BCUT2D eigenvalue weighted by molar-refractivity contribution is 0.0621. The van der Waals surface area contributed by atoms with Crippen molar-refractivity contribution in [1.29, 1.82) is 0 Å². The second-order valence-electron chi connectivity index (χ2n) is 4.73. The summed E-state index contributed by atoms with van der Waals surface area (Å²) in [6.45, 7) is 3.71. The number of hydrogen-bond acceptors (Lipinski definition) is 3. The maximum absolute atomic E-state index is 11.1. The molecule has 2 rings (SSSR count). The molecule has 0 aromatic heterocycles. The third kappa shape index (κ3) is 3.01. The monoisotopic (exact) mass is 249 g/mol. The van der Waals surface area contributed by atoms with Gasteiger partial charge in [-0.15, -0.1) is 0 Å². The van der Waals surface area contributed by atoms with Crippen molar-refractivity contribution in [2.75, 3.05) is 18.5 Å². The van der Waals surface area contributed by atoms with E-state index in [0.29, 0.717) is 17.2 Å². The zero-order valence-corrected chi connectivity index (χ0v) is 10.6.